The van der Waals surface area contributed by atoms with E-state index in [1.807, 2.05) is 17.5 Å². The molecule has 2 heterocycles. The van der Waals surface area contributed by atoms with Crippen LogP contribution in [0.5, 0.6) is 0 Å². The molecule has 2 atom stereocenters. The summed E-state index contributed by atoms with van der Waals surface area (Å²) in [6.07, 6.45) is 2.55. The van der Waals surface area contributed by atoms with Gasteiger partial charge < -0.3 is 20.6 Å². The summed E-state index contributed by atoms with van der Waals surface area (Å²) in [6.45, 7) is 7.98. The maximum Gasteiger partial charge on any atom is 0.314 e. The second-order valence-electron chi connectivity index (χ2n) is 6.41. The molecule has 2 amide bonds. The molecule has 3 N–H and O–H groups in total. The standard InChI is InChI=1S/C16H27N3O2S/c1-13-5-3-8-19(11-13)9-7-17-15(20)18-12-16(2,21)14-6-4-10-22-14/h4,6,10,13,21H,3,5,7-9,11-12H2,1-2H3,(H2,17,18,20). The third-order valence-corrected chi connectivity index (χ3v) is 5.22. The second-order valence-corrected chi connectivity index (χ2v) is 7.36. The zero-order valence-corrected chi connectivity index (χ0v) is 14.3. The fourth-order valence-corrected chi connectivity index (χ4v) is 3.59. The molecule has 5 nitrogen and oxygen atoms in total. The summed E-state index contributed by atoms with van der Waals surface area (Å²) in [5.41, 5.74) is -1.02. The summed E-state index contributed by atoms with van der Waals surface area (Å²) in [5.74, 6) is 0.753. The SMILES string of the molecule is CC1CCCN(CCNC(=O)NCC(C)(O)c2cccs2)C1. The van der Waals surface area contributed by atoms with Gasteiger partial charge in [-0.25, -0.2) is 4.79 Å². The molecule has 0 aromatic carbocycles. The largest absolute Gasteiger partial charge is 0.383 e. The molecular weight excluding hydrogens is 298 g/mol. The highest BCUT2D eigenvalue weighted by atomic mass is 32.1. The third-order valence-electron chi connectivity index (χ3n) is 4.10. The lowest BCUT2D eigenvalue weighted by Gasteiger charge is -2.30. The smallest absolute Gasteiger partial charge is 0.314 e. The van der Waals surface area contributed by atoms with E-state index in [2.05, 4.69) is 22.5 Å². The van der Waals surface area contributed by atoms with E-state index < -0.39 is 5.60 Å². The van der Waals surface area contributed by atoms with Crippen molar-refractivity contribution in [2.75, 3.05) is 32.7 Å². The molecular formula is C16H27N3O2S. The van der Waals surface area contributed by atoms with Gasteiger partial charge in [0.1, 0.15) is 5.60 Å². The molecule has 1 aromatic heterocycles. The Morgan fingerprint density at radius 3 is 3.05 bits per heavy atom. The number of aliphatic hydroxyl groups is 1. The van der Waals surface area contributed by atoms with E-state index in [1.54, 1.807) is 6.92 Å². The molecule has 0 aliphatic carbocycles. The van der Waals surface area contributed by atoms with Gasteiger partial charge in [-0.3, -0.25) is 0 Å². The number of nitrogens with zero attached hydrogens (tertiary/aromatic N) is 1. The van der Waals surface area contributed by atoms with Crippen LogP contribution in [0.1, 0.15) is 31.6 Å². The number of hydrogen-bond donors (Lipinski definition) is 3. The number of nitrogens with one attached hydrogen (secondary N) is 2. The van der Waals surface area contributed by atoms with Gasteiger partial charge in [0.25, 0.3) is 0 Å². The summed E-state index contributed by atoms with van der Waals surface area (Å²) in [7, 11) is 0. The predicted octanol–water partition coefficient (Wildman–Crippen LogP) is 1.99. The highest BCUT2D eigenvalue weighted by molar-refractivity contribution is 7.10. The van der Waals surface area contributed by atoms with Crippen LogP contribution in [-0.2, 0) is 5.60 Å². The molecule has 2 unspecified atom stereocenters. The first-order valence-corrected chi connectivity index (χ1v) is 8.86. The Morgan fingerprint density at radius 2 is 2.36 bits per heavy atom. The van der Waals surface area contributed by atoms with Crippen molar-refractivity contribution in [2.24, 2.45) is 5.92 Å². The molecule has 124 valence electrons. The van der Waals surface area contributed by atoms with Crippen LogP contribution in [0.25, 0.3) is 0 Å². The van der Waals surface area contributed by atoms with Crippen LogP contribution in [0.15, 0.2) is 17.5 Å². The number of hydrogen-bond acceptors (Lipinski definition) is 4. The fraction of sp³-hybridized carbons (Fsp3) is 0.688. The fourth-order valence-electron chi connectivity index (χ4n) is 2.80. The maximum absolute atomic E-state index is 11.8. The second kappa shape index (κ2) is 7.94. The van der Waals surface area contributed by atoms with Crippen molar-refractivity contribution in [1.29, 1.82) is 0 Å². The lowest BCUT2D eigenvalue weighted by Crippen LogP contribution is -2.46. The number of rotatable bonds is 6. The van der Waals surface area contributed by atoms with E-state index in [0.29, 0.717) is 6.54 Å². The Hall–Kier alpha value is -1.11. The van der Waals surface area contributed by atoms with E-state index in [1.165, 1.54) is 24.2 Å². The van der Waals surface area contributed by atoms with Crippen molar-refractivity contribution in [3.05, 3.63) is 22.4 Å². The van der Waals surface area contributed by atoms with Gasteiger partial charge in [0.05, 0.1) is 6.54 Å². The van der Waals surface area contributed by atoms with Gasteiger partial charge >= 0.3 is 6.03 Å². The summed E-state index contributed by atoms with van der Waals surface area (Å²) in [6, 6.07) is 3.55. The van der Waals surface area contributed by atoms with Crippen LogP contribution in [0.3, 0.4) is 0 Å². The van der Waals surface area contributed by atoms with Crippen molar-refractivity contribution in [2.45, 2.75) is 32.3 Å². The molecule has 22 heavy (non-hydrogen) atoms. The molecule has 2 rings (SSSR count). The van der Waals surface area contributed by atoms with Crippen LogP contribution < -0.4 is 10.6 Å². The normalized spacial score (nSPS) is 22.0. The number of thiophene rings is 1. The third kappa shape index (κ3) is 5.26. The molecule has 0 bridgehead atoms. The molecule has 1 aromatic rings. The Kier molecular flexibility index (Phi) is 6.23. The van der Waals surface area contributed by atoms with Gasteiger partial charge in [-0.1, -0.05) is 13.0 Å². The first kappa shape index (κ1) is 17.2. The van der Waals surface area contributed by atoms with Crippen LogP contribution in [-0.4, -0.2) is 48.8 Å². The van der Waals surface area contributed by atoms with Gasteiger partial charge in [-0.15, -0.1) is 11.3 Å². The average molecular weight is 325 g/mol. The highest BCUT2D eigenvalue weighted by Crippen LogP contribution is 2.24. The molecule has 0 saturated carbocycles. The molecule has 6 heteroatoms. The average Bonchev–Trinajstić information content (AvgIpc) is 3.00. The van der Waals surface area contributed by atoms with Gasteiger partial charge in [0.2, 0.25) is 0 Å². The Morgan fingerprint density at radius 1 is 1.55 bits per heavy atom. The number of amides is 2. The van der Waals surface area contributed by atoms with Gasteiger partial charge in [-0.05, 0) is 43.7 Å². The minimum absolute atomic E-state index is 0.208. The van der Waals surface area contributed by atoms with Gasteiger partial charge in [0, 0.05) is 24.5 Å². The molecule has 1 saturated heterocycles. The lowest BCUT2D eigenvalue weighted by molar-refractivity contribution is 0.0631. The van der Waals surface area contributed by atoms with Crippen molar-refractivity contribution in [3.8, 4) is 0 Å². The Bertz CT molecular complexity index is 462. The summed E-state index contributed by atoms with van der Waals surface area (Å²) in [4.78, 5) is 15.1. The number of likely N-dealkylation sites (tertiary alicyclic amines) is 1. The van der Waals surface area contributed by atoms with Crippen LogP contribution in [0.2, 0.25) is 0 Å². The van der Waals surface area contributed by atoms with Gasteiger partial charge in [0.15, 0.2) is 0 Å². The molecule has 0 radical (unpaired) electrons. The van der Waals surface area contributed by atoms with Crippen LogP contribution >= 0.6 is 11.3 Å². The van der Waals surface area contributed by atoms with Gasteiger partial charge in [-0.2, -0.15) is 0 Å². The topological polar surface area (TPSA) is 64.6 Å². The number of carbonyl (C=O) groups excluding carboxylic acids is 1. The van der Waals surface area contributed by atoms with Crippen LogP contribution in [0.4, 0.5) is 4.79 Å². The first-order chi connectivity index (χ1) is 10.5. The van der Waals surface area contributed by atoms with E-state index in [9.17, 15) is 9.90 Å². The Balaban J connectivity index is 1.64. The Labute approximate surface area is 136 Å². The quantitative estimate of drug-likeness (QED) is 0.749. The monoisotopic (exact) mass is 325 g/mol. The zero-order valence-electron chi connectivity index (χ0n) is 13.5. The molecule has 1 aliphatic rings. The minimum Gasteiger partial charge on any atom is -0.383 e. The number of carbonyl (C=O) groups is 1. The minimum atomic E-state index is -1.02. The van der Waals surface area contributed by atoms with E-state index >= 15 is 0 Å². The molecule has 1 fully saturated rings. The molecule has 0 spiro atoms. The van der Waals surface area contributed by atoms with E-state index in [4.69, 9.17) is 0 Å². The van der Waals surface area contributed by atoms with E-state index in [0.717, 1.165) is 30.4 Å². The summed E-state index contributed by atoms with van der Waals surface area (Å²) < 4.78 is 0. The number of urea groups is 1. The summed E-state index contributed by atoms with van der Waals surface area (Å²) in [5, 5.41) is 17.9. The number of piperidine rings is 1. The highest BCUT2D eigenvalue weighted by Gasteiger charge is 2.24. The zero-order chi connectivity index (χ0) is 16.0. The lowest BCUT2D eigenvalue weighted by atomic mass is 10.0. The maximum atomic E-state index is 11.8. The van der Waals surface area contributed by atoms with E-state index in [-0.39, 0.29) is 12.6 Å². The van der Waals surface area contributed by atoms with Crippen molar-refractivity contribution in [1.82, 2.24) is 15.5 Å². The van der Waals surface area contributed by atoms with Crippen LogP contribution in [0, 0.1) is 5.92 Å². The van der Waals surface area contributed by atoms with Crippen molar-refractivity contribution < 1.29 is 9.90 Å². The van der Waals surface area contributed by atoms with Crippen molar-refractivity contribution >= 4 is 17.4 Å². The summed E-state index contributed by atoms with van der Waals surface area (Å²) >= 11 is 1.49. The molecule has 1 aliphatic heterocycles. The van der Waals surface area contributed by atoms with Crippen molar-refractivity contribution in [3.63, 3.8) is 0 Å². The predicted molar refractivity (Wildman–Crippen MR) is 90.1 cm³/mol. The first-order valence-electron chi connectivity index (χ1n) is 7.98.